The summed E-state index contributed by atoms with van der Waals surface area (Å²) in [5.74, 6) is 2.29. The first-order valence-corrected chi connectivity index (χ1v) is 12.5. The van der Waals surface area contributed by atoms with E-state index in [1.54, 1.807) is 12.4 Å². The Hall–Kier alpha value is -3.32. The van der Waals surface area contributed by atoms with Gasteiger partial charge in [0.25, 0.3) is 5.88 Å². The maximum atomic E-state index is 13.2. The van der Waals surface area contributed by atoms with E-state index in [1.807, 2.05) is 60.4 Å². The van der Waals surface area contributed by atoms with Crippen LogP contribution in [-0.4, -0.2) is 60.0 Å². The lowest BCUT2D eigenvalue weighted by Gasteiger charge is -2.39. The smallest absolute Gasteiger partial charge is 0.263 e. The van der Waals surface area contributed by atoms with Crippen molar-refractivity contribution in [3.05, 3.63) is 71.5 Å². The number of nitrogens with zero attached hydrogens (tertiary/aromatic N) is 5. The third-order valence-corrected chi connectivity index (χ3v) is 7.06. The van der Waals surface area contributed by atoms with Gasteiger partial charge < -0.3 is 19.4 Å². The summed E-state index contributed by atoms with van der Waals surface area (Å²) >= 11 is 6.01. The van der Waals surface area contributed by atoms with Crippen LogP contribution in [0.3, 0.4) is 0 Å². The molecule has 2 aliphatic heterocycles. The Labute approximate surface area is 211 Å². The fourth-order valence-corrected chi connectivity index (χ4v) is 4.88. The van der Waals surface area contributed by atoms with E-state index in [2.05, 4.69) is 19.8 Å². The second-order valence-electron chi connectivity index (χ2n) is 9.15. The molecule has 3 heterocycles. The van der Waals surface area contributed by atoms with Gasteiger partial charge in [0.15, 0.2) is 5.82 Å². The first kappa shape index (κ1) is 23.4. The van der Waals surface area contributed by atoms with Crippen molar-refractivity contribution in [2.24, 2.45) is 5.92 Å². The van der Waals surface area contributed by atoms with Gasteiger partial charge in [-0.15, -0.1) is 0 Å². The number of rotatable bonds is 5. The van der Waals surface area contributed by atoms with Gasteiger partial charge in [-0.3, -0.25) is 4.79 Å². The molecule has 1 aromatic heterocycles. The maximum absolute atomic E-state index is 13.2. The molecule has 1 amide bonds. The van der Waals surface area contributed by atoms with E-state index in [-0.39, 0.29) is 11.8 Å². The minimum Gasteiger partial charge on any atom is -0.436 e. The first-order chi connectivity index (χ1) is 17.1. The number of piperidine rings is 1. The van der Waals surface area contributed by atoms with Crippen molar-refractivity contribution in [3.63, 3.8) is 0 Å². The third-order valence-electron chi connectivity index (χ3n) is 6.81. The largest absolute Gasteiger partial charge is 0.436 e. The number of amides is 1. The summed E-state index contributed by atoms with van der Waals surface area (Å²) in [5, 5.41) is 0.740. The standard InChI is InChI=1S/C27H30ClN5O2/c1-20-2-8-24(9-3-20)35-26-25(29-12-13-30-26)32-14-10-21(11-15-32)27(34)33-18-16-31(17-19-33)23-6-4-22(28)5-7-23/h2-9,12-13,21H,10-11,14-19H2,1H3. The van der Waals surface area contributed by atoms with Gasteiger partial charge >= 0.3 is 0 Å². The molecule has 2 saturated heterocycles. The number of ether oxygens (including phenoxy) is 1. The van der Waals surface area contributed by atoms with Crippen LogP contribution in [0.1, 0.15) is 18.4 Å². The Morgan fingerprint density at radius 3 is 2.20 bits per heavy atom. The van der Waals surface area contributed by atoms with E-state index in [0.29, 0.717) is 5.88 Å². The number of halogens is 1. The number of aryl methyl sites for hydroxylation is 1. The molecule has 0 spiro atoms. The minimum absolute atomic E-state index is 0.0477. The van der Waals surface area contributed by atoms with Crippen molar-refractivity contribution in [1.82, 2.24) is 14.9 Å². The molecule has 7 nitrogen and oxygen atoms in total. The number of piperazine rings is 1. The number of carbonyl (C=O) groups is 1. The van der Waals surface area contributed by atoms with Crippen LogP contribution in [0, 0.1) is 12.8 Å². The number of carbonyl (C=O) groups excluding carboxylic acids is 1. The van der Waals surface area contributed by atoms with E-state index in [1.165, 1.54) is 5.56 Å². The van der Waals surface area contributed by atoms with Gasteiger partial charge in [0, 0.05) is 68.3 Å². The SMILES string of the molecule is Cc1ccc(Oc2nccnc2N2CCC(C(=O)N3CCN(c4ccc(Cl)cc4)CC3)CC2)cc1. The molecular weight excluding hydrogens is 462 g/mol. The number of hydrogen-bond acceptors (Lipinski definition) is 6. The monoisotopic (exact) mass is 491 g/mol. The van der Waals surface area contributed by atoms with Crippen LogP contribution in [0.15, 0.2) is 60.9 Å². The molecule has 3 aromatic rings. The summed E-state index contributed by atoms with van der Waals surface area (Å²) in [6.07, 6.45) is 4.94. The van der Waals surface area contributed by atoms with Gasteiger partial charge in [0.1, 0.15) is 5.75 Å². The summed E-state index contributed by atoms with van der Waals surface area (Å²) in [6.45, 7) is 6.73. The van der Waals surface area contributed by atoms with Crippen molar-refractivity contribution in [2.45, 2.75) is 19.8 Å². The average molecular weight is 492 g/mol. The Morgan fingerprint density at radius 1 is 0.857 bits per heavy atom. The molecule has 0 unspecified atom stereocenters. The lowest BCUT2D eigenvalue weighted by molar-refractivity contribution is -0.136. The van der Waals surface area contributed by atoms with Gasteiger partial charge in [0.05, 0.1) is 0 Å². The Kier molecular flexibility index (Phi) is 7.04. The molecule has 0 atom stereocenters. The maximum Gasteiger partial charge on any atom is 0.263 e. The van der Waals surface area contributed by atoms with Crippen LogP contribution in [0.2, 0.25) is 5.02 Å². The molecule has 0 aliphatic carbocycles. The molecule has 2 aliphatic rings. The van der Waals surface area contributed by atoms with Crippen LogP contribution >= 0.6 is 11.6 Å². The Morgan fingerprint density at radius 2 is 1.51 bits per heavy atom. The minimum atomic E-state index is 0.0477. The van der Waals surface area contributed by atoms with E-state index in [9.17, 15) is 4.79 Å². The molecule has 0 saturated carbocycles. The predicted octanol–water partition coefficient (Wildman–Crippen LogP) is 4.80. The van der Waals surface area contributed by atoms with Crippen molar-refractivity contribution < 1.29 is 9.53 Å². The molecule has 35 heavy (non-hydrogen) atoms. The van der Waals surface area contributed by atoms with Crippen LogP contribution < -0.4 is 14.5 Å². The molecule has 2 fully saturated rings. The highest BCUT2D eigenvalue weighted by atomic mass is 35.5. The van der Waals surface area contributed by atoms with Gasteiger partial charge in [-0.25, -0.2) is 9.97 Å². The highest BCUT2D eigenvalue weighted by molar-refractivity contribution is 6.30. The van der Waals surface area contributed by atoms with Gasteiger partial charge in [0.2, 0.25) is 5.91 Å². The summed E-state index contributed by atoms with van der Waals surface area (Å²) < 4.78 is 6.04. The first-order valence-electron chi connectivity index (χ1n) is 12.2. The van der Waals surface area contributed by atoms with Gasteiger partial charge in [-0.05, 0) is 56.2 Å². The molecule has 0 radical (unpaired) electrons. The summed E-state index contributed by atoms with van der Waals surface area (Å²) in [4.78, 5) is 28.7. The van der Waals surface area contributed by atoms with Gasteiger partial charge in [-0.1, -0.05) is 29.3 Å². The Bertz CT molecular complexity index is 1140. The van der Waals surface area contributed by atoms with Gasteiger partial charge in [-0.2, -0.15) is 0 Å². The van der Waals surface area contributed by atoms with E-state index in [0.717, 1.165) is 74.4 Å². The molecule has 8 heteroatoms. The number of hydrogen-bond donors (Lipinski definition) is 0. The zero-order valence-corrected chi connectivity index (χ0v) is 20.7. The fraction of sp³-hybridized carbons (Fsp3) is 0.370. The van der Waals surface area contributed by atoms with E-state index >= 15 is 0 Å². The highest BCUT2D eigenvalue weighted by Gasteiger charge is 2.31. The van der Waals surface area contributed by atoms with Crippen LogP contribution in [0.4, 0.5) is 11.5 Å². The summed E-state index contributed by atoms with van der Waals surface area (Å²) in [5.41, 5.74) is 2.33. The number of benzene rings is 2. The van der Waals surface area contributed by atoms with Crippen LogP contribution in [0.5, 0.6) is 11.6 Å². The second kappa shape index (κ2) is 10.5. The van der Waals surface area contributed by atoms with Crippen LogP contribution in [-0.2, 0) is 4.79 Å². The van der Waals surface area contributed by atoms with Crippen molar-refractivity contribution >= 4 is 29.0 Å². The van der Waals surface area contributed by atoms with E-state index in [4.69, 9.17) is 16.3 Å². The van der Waals surface area contributed by atoms with Crippen molar-refractivity contribution in [2.75, 3.05) is 49.1 Å². The molecule has 5 rings (SSSR count). The molecule has 2 aromatic carbocycles. The molecule has 0 bridgehead atoms. The third kappa shape index (κ3) is 5.51. The lowest BCUT2D eigenvalue weighted by atomic mass is 9.95. The molecule has 0 N–H and O–H groups in total. The second-order valence-corrected chi connectivity index (χ2v) is 9.59. The van der Waals surface area contributed by atoms with Crippen LogP contribution in [0.25, 0.3) is 0 Å². The topological polar surface area (TPSA) is 61.8 Å². The normalized spacial score (nSPS) is 16.9. The lowest BCUT2D eigenvalue weighted by Crippen LogP contribution is -2.51. The fourth-order valence-electron chi connectivity index (χ4n) is 4.76. The number of aromatic nitrogens is 2. The zero-order chi connectivity index (χ0) is 24.2. The Balaban J connectivity index is 1.16. The average Bonchev–Trinajstić information content (AvgIpc) is 2.91. The van der Waals surface area contributed by atoms with Crippen molar-refractivity contribution in [3.8, 4) is 11.6 Å². The molecular formula is C27H30ClN5O2. The van der Waals surface area contributed by atoms with E-state index < -0.39 is 0 Å². The summed E-state index contributed by atoms with van der Waals surface area (Å²) in [7, 11) is 0. The molecule has 182 valence electrons. The quantitative estimate of drug-likeness (QED) is 0.511. The number of anilines is 2. The van der Waals surface area contributed by atoms with Crippen molar-refractivity contribution in [1.29, 1.82) is 0 Å². The highest BCUT2D eigenvalue weighted by Crippen LogP contribution is 2.31. The predicted molar refractivity (Wildman–Crippen MR) is 138 cm³/mol. The zero-order valence-electron chi connectivity index (χ0n) is 19.9. The summed E-state index contributed by atoms with van der Waals surface area (Å²) in [6, 6.07) is 15.8.